The van der Waals surface area contributed by atoms with Gasteiger partial charge in [-0.15, -0.1) is 0 Å². The number of aryl methyl sites for hydroxylation is 1. The average Bonchev–Trinajstić information content (AvgIpc) is 2.49. The van der Waals surface area contributed by atoms with Gasteiger partial charge in [-0.05, 0) is 32.9 Å². The Balaban J connectivity index is 2.60. The van der Waals surface area contributed by atoms with Gasteiger partial charge in [0.25, 0.3) is 5.91 Å². The lowest BCUT2D eigenvalue weighted by atomic mass is 10.2. The fourth-order valence-corrected chi connectivity index (χ4v) is 2.22. The second kappa shape index (κ2) is 6.51. The van der Waals surface area contributed by atoms with Crippen molar-refractivity contribution in [1.82, 2.24) is 14.7 Å². The summed E-state index contributed by atoms with van der Waals surface area (Å²) in [5.74, 6) is -0.914. The van der Waals surface area contributed by atoms with E-state index in [9.17, 15) is 14.0 Å². The lowest BCUT2D eigenvalue weighted by Gasteiger charge is -2.18. The maximum atomic E-state index is 13.9. The van der Waals surface area contributed by atoms with Crippen LogP contribution in [0.1, 0.15) is 30.0 Å². The predicted octanol–water partition coefficient (Wildman–Crippen LogP) is 2.16. The molecule has 0 unspecified atom stereocenters. The molecular formula is C16H18FN3O2. The van der Waals surface area contributed by atoms with Crippen LogP contribution in [0, 0.1) is 12.7 Å². The molecule has 1 heterocycles. The van der Waals surface area contributed by atoms with Crippen molar-refractivity contribution in [3.8, 4) is 5.69 Å². The van der Waals surface area contributed by atoms with E-state index in [0.717, 1.165) is 0 Å². The quantitative estimate of drug-likeness (QED) is 0.870. The lowest BCUT2D eigenvalue weighted by molar-refractivity contribution is 0.0763. The van der Waals surface area contributed by atoms with E-state index in [1.54, 1.807) is 25.1 Å². The van der Waals surface area contributed by atoms with Crippen molar-refractivity contribution >= 4 is 5.91 Å². The van der Waals surface area contributed by atoms with E-state index >= 15 is 0 Å². The summed E-state index contributed by atoms with van der Waals surface area (Å²) >= 11 is 0. The van der Waals surface area contributed by atoms with Gasteiger partial charge < -0.3 is 4.90 Å². The molecule has 2 aromatic rings. The second-order valence-corrected chi connectivity index (χ2v) is 4.84. The van der Waals surface area contributed by atoms with E-state index < -0.39 is 17.2 Å². The molecule has 0 aliphatic carbocycles. The lowest BCUT2D eigenvalue weighted by Crippen LogP contribution is -2.36. The highest BCUT2D eigenvalue weighted by Gasteiger charge is 2.20. The van der Waals surface area contributed by atoms with Gasteiger partial charge in [0, 0.05) is 24.8 Å². The van der Waals surface area contributed by atoms with Crippen molar-refractivity contribution in [3.63, 3.8) is 0 Å². The molecular weight excluding hydrogens is 285 g/mol. The van der Waals surface area contributed by atoms with Gasteiger partial charge in [-0.25, -0.2) is 9.07 Å². The van der Waals surface area contributed by atoms with Crippen LogP contribution in [0.5, 0.6) is 0 Å². The molecule has 0 bridgehead atoms. The number of carbonyl (C=O) groups is 1. The first-order valence-electron chi connectivity index (χ1n) is 7.14. The molecule has 0 aliphatic heterocycles. The largest absolute Gasteiger partial charge is 0.338 e. The van der Waals surface area contributed by atoms with Crippen LogP contribution in [0.25, 0.3) is 5.69 Å². The first kappa shape index (κ1) is 15.9. The number of benzene rings is 1. The number of nitrogens with zero attached hydrogens (tertiary/aromatic N) is 3. The maximum absolute atomic E-state index is 13.9. The Morgan fingerprint density at radius 2 is 1.91 bits per heavy atom. The smallest absolute Gasteiger partial charge is 0.278 e. The molecule has 0 spiro atoms. The molecule has 0 saturated carbocycles. The van der Waals surface area contributed by atoms with Crippen LogP contribution >= 0.6 is 0 Å². The zero-order chi connectivity index (χ0) is 16.3. The summed E-state index contributed by atoms with van der Waals surface area (Å²) < 4.78 is 15.2. The number of hydrogen-bond acceptors (Lipinski definition) is 3. The Hall–Kier alpha value is -2.50. The monoisotopic (exact) mass is 303 g/mol. The Labute approximate surface area is 128 Å². The van der Waals surface area contributed by atoms with E-state index in [0.29, 0.717) is 18.8 Å². The van der Waals surface area contributed by atoms with Gasteiger partial charge in [-0.3, -0.25) is 9.59 Å². The highest BCUT2D eigenvalue weighted by molar-refractivity contribution is 5.92. The number of para-hydroxylation sites is 1. The summed E-state index contributed by atoms with van der Waals surface area (Å²) in [5.41, 5.74) is 0.0133. The van der Waals surface area contributed by atoms with Gasteiger partial charge in [-0.2, -0.15) is 5.10 Å². The average molecular weight is 303 g/mol. The van der Waals surface area contributed by atoms with Crippen molar-refractivity contribution in [2.24, 2.45) is 0 Å². The Kier molecular flexibility index (Phi) is 4.70. The minimum Gasteiger partial charge on any atom is -0.338 e. The summed E-state index contributed by atoms with van der Waals surface area (Å²) in [7, 11) is 0. The number of rotatable bonds is 4. The van der Waals surface area contributed by atoms with Crippen LogP contribution in [0.3, 0.4) is 0 Å². The van der Waals surface area contributed by atoms with Crippen LogP contribution in [-0.4, -0.2) is 33.7 Å². The van der Waals surface area contributed by atoms with E-state index in [4.69, 9.17) is 0 Å². The van der Waals surface area contributed by atoms with Crippen LogP contribution in [0.2, 0.25) is 0 Å². The number of amides is 1. The van der Waals surface area contributed by atoms with E-state index in [-0.39, 0.29) is 11.4 Å². The fraction of sp³-hybridized carbons (Fsp3) is 0.312. The maximum Gasteiger partial charge on any atom is 0.278 e. The Morgan fingerprint density at radius 3 is 2.50 bits per heavy atom. The summed E-state index contributed by atoms with van der Waals surface area (Å²) in [4.78, 5) is 25.9. The molecule has 1 amide bonds. The minimum absolute atomic E-state index is 0.197. The first-order valence-corrected chi connectivity index (χ1v) is 7.14. The summed E-state index contributed by atoms with van der Waals surface area (Å²) in [5, 5.41) is 4.09. The molecule has 0 radical (unpaired) electrons. The number of carbonyl (C=O) groups excluding carboxylic acids is 1. The number of aromatic nitrogens is 2. The van der Waals surface area contributed by atoms with Crippen molar-refractivity contribution in [3.05, 3.63) is 57.8 Å². The molecule has 0 saturated heterocycles. The van der Waals surface area contributed by atoms with E-state index in [2.05, 4.69) is 5.10 Å². The normalized spacial score (nSPS) is 10.5. The van der Waals surface area contributed by atoms with Gasteiger partial charge in [0.2, 0.25) is 5.43 Å². The van der Waals surface area contributed by atoms with Crippen LogP contribution in [0.4, 0.5) is 4.39 Å². The molecule has 0 fully saturated rings. The minimum atomic E-state index is -0.469. The topological polar surface area (TPSA) is 55.2 Å². The third-order valence-corrected chi connectivity index (χ3v) is 3.44. The van der Waals surface area contributed by atoms with Gasteiger partial charge in [0.15, 0.2) is 5.69 Å². The number of halogens is 1. The highest BCUT2D eigenvalue weighted by atomic mass is 19.1. The van der Waals surface area contributed by atoms with Crippen molar-refractivity contribution in [2.75, 3.05) is 13.1 Å². The molecule has 6 heteroatoms. The van der Waals surface area contributed by atoms with Crippen molar-refractivity contribution in [1.29, 1.82) is 0 Å². The molecule has 2 rings (SSSR count). The zero-order valence-electron chi connectivity index (χ0n) is 12.8. The third-order valence-electron chi connectivity index (χ3n) is 3.44. The molecule has 1 aromatic carbocycles. The van der Waals surface area contributed by atoms with Gasteiger partial charge >= 0.3 is 0 Å². The third kappa shape index (κ3) is 2.90. The number of hydrogen-bond donors (Lipinski definition) is 0. The molecule has 1 aromatic heterocycles. The molecule has 116 valence electrons. The standard InChI is InChI=1S/C16H18FN3O2/c1-4-19(5-2)16(22)15-14(21)10-11(3)20(18-15)13-9-7-6-8-12(13)17/h6-10H,4-5H2,1-3H3. The van der Waals surface area contributed by atoms with Gasteiger partial charge in [0.05, 0.1) is 0 Å². The van der Waals surface area contributed by atoms with Gasteiger partial charge in [0.1, 0.15) is 11.5 Å². The molecule has 5 nitrogen and oxygen atoms in total. The van der Waals surface area contributed by atoms with Gasteiger partial charge in [-0.1, -0.05) is 12.1 Å². The van der Waals surface area contributed by atoms with Crippen LogP contribution < -0.4 is 5.43 Å². The highest BCUT2D eigenvalue weighted by Crippen LogP contribution is 2.13. The first-order chi connectivity index (χ1) is 10.5. The van der Waals surface area contributed by atoms with Crippen LogP contribution in [0.15, 0.2) is 35.1 Å². The Bertz CT molecular complexity index is 751. The van der Waals surface area contributed by atoms with Crippen molar-refractivity contribution < 1.29 is 9.18 Å². The summed E-state index contributed by atoms with van der Waals surface area (Å²) in [6.07, 6.45) is 0. The SMILES string of the molecule is CCN(CC)C(=O)c1nn(-c2ccccc2F)c(C)cc1=O. The molecule has 0 aliphatic rings. The van der Waals surface area contributed by atoms with E-state index in [1.807, 2.05) is 13.8 Å². The molecule has 22 heavy (non-hydrogen) atoms. The molecule has 0 atom stereocenters. The van der Waals surface area contributed by atoms with Crippen molar-refractivity contribution in [2.45, 2.75) is 20.8 Å². The summed E-state index contributed by atoms with van der Waals surface area (Å²) in [6.45, 7) is 6.25. The Morgan fingerprint density at radius 1 is 1.27 bits per heavy atom. The predicted molar refractivity (Wildman–Crippen MR) is 81.8 cm³/mol. The second-order valence-electron chi connectivity index (χ2n) is 4.84. The zero-order valence-corrected chi connectivity index (χ0v) is 12.8. The summed E-state index contributed by atoms with van der Waals surface area (Å²) in [6, 6.07) is 7.39. The molecule has 0 N–H and O–H groups in total. The van der Waals surface area contributed by atoms with Crippen LogP contribution in [-0.2, 0) is 0 Å². The van der Waals surface area contributed by atoms with E-state index in [1.165, 1.54) is 21.7 Å². The fourth-order valence-electron chi connectivity index (χ4n) is 2.22.